The molecule has 21 heavy (non-hydrogen) atoms. The van der Waals surface area contributed by atoms with Gasteiger partial charge in [0.25, 0.3) is 5.91 Å². The molecule has 0 atom stereocenters. The molecule has 0 saturated heterocycles. The first-order chi connectivity index (χ1) is 10.2. The van der Waals surface area contributed by atoms with Crippen molar-refractivity contribution in [1.29, 1.82) is 5.26 Å². The van der Waals surface area contributed by atoms with Crippen molar-refractivity contribution in [2.45, 2.75) is 0 Å². The molecule has 5 nitrogen and oxygen atoms in total. The lowest BCUT2D eigenvalue weighted by Gasteiger charge is -2.02. The van der Waals surface area contributed by atoms with E-state index in [0.717, 1.165) is 0 Å². The summed E-state index contributed by atoms with van der Waals surface area (Å²) in [5.74, 6) is -0.900. The molecule has 3 aromatic rings. The number of pyridine rings is 1. The average Bonchev–Trinajstić information content (AvgIpc) is 2.84. The summed E-state index contributed by atoms with van der Waals surface area (Å²) >= 11 is 0. The number of benzene rings is 1. The quantitative estimate of drug-likeness (QED) is 0.782. The highest BCUT2D eigenvalue weighted by molar-refractivity contribution is 6.05. The number of rotatable bonds is 2. The van der Waals surface area contributed by atoms with E-state index in [0.29, 0.717) is 11.1 Å². The van der Waals surface area contributed by atoms with E-state index in [9.17, 15) is 14.4 Å². The van der Waals surface area contributed by atoms with E-state index in [4.69, 9.17) is 4.42 Å². The van der Waals surface area contributed by atoms with E-state index >= 15 is 0 Å². The van der Waals surface area contributed by atoms with Gasteiger partial charge in [-0.25, -0.2) is 4.39 Å². The summed E-state index contributed by atoms with van der Waals surface area (Å²) in [4.78, 5) is 16.1. The van der Waals surface area contributed by atoms with Crippen LogP contribution in [-0.2, 0) is 0 Å². The van der Waals surface area contributed by atoms with Crippen molar-refractivity contribution in [3.05, 3.63) is 59.5 Å². The molecule has 1 amide bonds. The Morgan fingerprint density at radius 1 is 1.29 bits per heavy atom. The molecule has 2 heterocycles. The Balaban J connectivity index is 1.96. The van der Waals surface area contributed by atoms with Crippen LogP contribution in [0.4, 0.5) is 10.3 Å². The van der Waals surface area contributed by atoms with Gasteiger partial charge in [0.05, 0.1) is 0 Å². The van der Waals surface area contributed by atoms with Gasteiger partial charge in [-0.3, -0.25) is 15.1 Å². The number of hydrogen-bond donors (Lipinski definition) is 1. The molecule has 1 aromatic carbocycles. The number of hydrogen-bond acceptors (Lipinski definition) is 4. The molecule has 3 rings (SSSR count). The van der Waals surface area contributed by atoms with Crippen LogP contribution in [0.5, 0.6) is 0 Å². The van der Waals surface area contributed by atoms with Crippen molar-refractivity contribution in [3.63, 3.8) is 0 Å². The summed E-state index contributed by atoms with van der Waals surface area (Å²) in [6.07, 6.45) is 1.53. The molecule has 0 radical (unpaired) electrons. The van der Waals surface area contributed by atoms with Crippen LogP contribution >= 0.6 is 0 Å². The maximum absolute atomic E-state index is 12.8. The van der Waals surface area contributed by atoms with Crippen molar-refractivity contribution in [1.82, 2.24) is 4.98 Å². The number of carbonyl (C=O) groups excluding carboxylic acids is 1. The number of nitrogens with one attached hydrogen (secondary N) is 1. The predicted molar refractivity (Wildman–Crippen MR) is 73.1 cm³/mol. The predicted octanol–water partition coefficient (Wildman–Crippen LogP) is 3.09. The van der Waals surface area contributed by atoms with E-state index in [1.165, 1.54) is 30.5 Å². The van der Waals surface area contributed by atoms with Gasteiger partial charge in [-0.15, -0.1) is 0 Å². The third-order valence-electron chi connectivity index (χ3n) is 2.89. The highest BCUT2D eigenvalue weighted by Crippen LogP contribution is 2.27. The van der Waals surface area contributed by atoms with Crippen molar-refractivity contribution < 1.29 is 13.6 Å². The SMILES string of the molecule is N#Cc1c(NC(=O)c2ccc(F)cc2)oc2cccnc12. The standard InChI is InChI=1S/C15H8FN3O2/c16-10-5-3-9(4-6-10)14(20)19-15-11(8-17)13-12(21-15)2-1-7-18-13/h1-7H,(H,19,20). The molecule has 0 saturated carbocycles. The fourth-order valence-corrected chi connectivity index (χ4v) is 1.90. The van der Waals surface area contributed by atoms with Crippen LogP contribution < -0.4 is 5.32 Å². The number of amides is 1. The minimum absolute atomic E-state index is 0.0283. The molecule has 0 aliphatic heterocycles. The number of anilines is 1. The third-order valence-corrected chi connectivity index (χ3v) is 2.89. The van der Waals surface area contributed by atoms with E-state index in [-0.39, 0.29) is 17.0 Å². The zero-order valence-electron chi connectivity index (χ0n) is 10.6. The van der Waals surface area contributed by atoms with Gasteiger partial charge in [-0.2, -0.15) is 5.26 Å². The highest BCUT2D eigenvalue weighted by Gasteiger charge is 2.17. The summed E-state index contributed by atoms with van der Waals surface area (Å²) in [6, 6.07) is 10.3. The molecule has 0 aliphatic rings. The van der Waals surface area contributed by atoms with Crippen LogP contribution in [0.25, 0.3) is 11.1 Å². The molecular formula is C15H8FN3O2. The molecule has 0 fully saturated rings. The van der Waals surface area contributed by atoms with Crippen LogP contribution in [0, 0.1) is 17.1 Å². The van der Waals surface area contributed by atoms with Crippen molar-refractivity contribution in [3.8, 4) is 6.07 Å². The molecule has 6 heteroatoms. The van der Waals surface area contributed by atoms with Crippen molar-refractivity contribution in [2.75, 3.05) is 5.32 Å². The van der Waals surface area contributed by atoms with Crippen LogP contribution in [0.1, 0.15) is 15.9 Å². The summed E-state index contributed by atoms with van der Waals surface area (Å²) in [7, 11) is 0. The van der Waals surface area contributed by atoms with Crippen molar-refractivity contribution >= 4 is 22.9 Å². The fraction of sp³-hybridized carbons (Fsp3) is 0. The second-order valence-corrected chi connectivity index (χ2v) is 4.23. The van der Waals surface area contributed by atoms with Gasteiger partial charge in [0.2, 0.25) is 5.88 Å². The average molecular weight is 281 g/mol. The van der Waals surface area contributed by atoms with Crippen molar-refractivity contribution in [2.24, 2.45) is 0 Å². The first-order valence-electron chi connectivity index (χ1n) is 6.03. The summed E-state index contributed by atoms with van der Waals surface area (Å²) < 4.78 is 18.2. The summed E-state index contributed by atoms with van der Waals surface area (Å²) in [5.41, 5.74) is 1.20. The molecule has 102 valence electrons. The van der Waals surface area contributed by atoms with Gasteiger partial charge >= 0.3 is 0 Å². The Hall–Kier alpha value is -3.20. The van der Waals surface area contributed by atoms with Crippen LogP contribution in [0.2, 0.25) is 0 Å². The number of carbonyl (C=O) groups is 1. The normalized spacial score (nSPS) is 10.3. The van der Waals surface area contributed by atoms with Gasteiger partial charge in [0.15, 0.2) is 5.58 Å². The van der Waals surface area contributed by atoms with Gasteiger partial charge in [0, 0.05) is 11.8 Å². The third kappa shape index (κ3) is 2.32. The Kier molecular flexibility index (Phi) is 3.09. The maximum atomic E-state index is 12.8. The summed E-state index contributed by atoms with van der Waals surface area (Å²) in [6.45, 7) is 0. The zero-order chi connectivity index (χ0) is 14.8. The Bertz CT molecular complexity index is 863. The number of aromatic nitrogens is 1. The van der Waals surface area contributed by atoms with E-state index < -0.39 is 11.7 Å². The first kappa shape index (κ1) is 12.8. The summed E-state index contributed by atoms with van der Waals surface area (Å²) in [5, 5.41) is 11.7. The van der Waals surface area contributed by atoms with Crippen LogP contribution in [-0.4, -0.2) is 10.9 Å². The van der Waals surface area contributed by atoms with Gasteiger partial charge < -0.3 is 4.42 Å². The van der Waals surface area contributed by atoms with E-state index in [1.807, 2.05) is 6.07 Å². The molecular weight excluding hydrogens is 273 g/mol. The topological polar surface area (TPSA) is 78.9 Å². The van der Waals surface area contributed by atoms with E-state index in [2.05, 4.69) is 10.3 Å². The van der Waals surface area contributed by atoms with Gasteiger partial charge in [0.1, 0.15) is 23.0 Å². The van der Waals surface area contributed by atoms with Crippen LogP contribution in [0.3, 0.4) is 0 Å². The fourth-order valence-electron chi connectivity index (χ4n) is 1.90. The number of halogens is 1. The molecule has 2 aromatic heterocycles. The molecule has 0 spiro atoms. The monoisotopic (exact) mass is 281 g/mol. The molecule has 0 aliphatic carbocycles. The number of fused-ring (bicyclic) bond motifs is 1. The van der Waals surface area contributed by atoms with Gasteiger partial charge in [-0.05, 0) is 36.4 Å². The minimum atomic E-state index is -0.495. The molecule has 0 bridgehead atoms. The maximum Gasteiger partial charge on any atom is 0.258 e. The second-order valence-electron chi connectivity index (χ2n) is 4.23. The Morgan fingerprint density at radius 3 is 2.76 bits per heavy atom. The Morgan fingerprint density at radius 2 is 2.05 bits per heavy atom. The Labute approximate surface area is 118 Å². The number of nitriles is 1. The smallest absolute Gasteiger partial charge is 0.258 e. The van der Waals surface area contributed by atoms with E-state index in [1.54, 1.807) is 12.1 Å². The van der Waals surface area contributed by atoms with Crippen LogP contribution in [0.15, 0.2) is 47.0 Å². The van der Waals surface area contributed by atoms with Gasteiger partial charge in [-0.1, -0.05) is 0 Å². The lowest BCUT2D eigenvalue weighted by Crippen LogP contribution is -2.12. The first-order valence-corrected chi connectivity index (χ1v) is 6.03. The lowest BCUT2D eigenvalue weighted by atomic mass is 10.2. The molecule has 1 N–H and O–H groups in total. The molecule has 0 unspecified atom stereocenters. The lowest BCUT2D eigenvalue weighted by molar-refractivity contribution is 0.102. The number of nitrogens with zero attached hydrogens (tertiary/aromatic N) is 2. The highest BCUT2D eigenvalue weighted by atomic mass is 19.1. The largest absolute Gasteiger partial charge is 0.437 e. The second kappa shape index (κ2) is 5.06. The minimum Gasteiger partial charge on any atom is -0.437 e. The number of furan rings is 1. The zero-order valence-corrected chi connectivity index (χ0v) is 10.6.